The van der Waals surface area contributed by atoms with E-state index in [-0.39, 0.29) is 11.5 Å². The molecule has 0 saturated heterocycles. The maximum atomic E-state index is 10.2. The molecule has 4 aliphatic rings. The average molecular weight is 395 g/mol. The molecule has 7 atom stereocenters. The molecule has 0 heterocycles. The van der Waals surface area contributed by atoms with E-state index in [0.29, 0.717) is 29.1 Å². The van der Waals surface area contributed by atoms with Crippen molar-refractivity contribution in [2.24, 2.45) is 40.4 Å². The van der Waals surface area contributed by atoms with Crippen molar-refractivity contribution in [3.63, 3.8) is 0 Å². The summed E-state index contributed by atoms with van der Waals surface area (Å²) in [6.07, 6.45) is 19.1. The highest BCUT2D eigenvalue weighted by Gasteiger charge is 2.53. The molecule has 0 aliphatic heterocycles. The van der Waals surface area contributed by atoms with Crippen LogP contribution in [-0.4, -0.2) is 11.2 Å². The van der Waals surface area contributed by atoms with E-state index >= 15 is 0 Å². The zero-order chi connectivity index (χ0) is 21.0. The second-order valence-electron chi connectivity index (χ2n) is 11.5. The number of aliphatic hydroxyl groups excluding tert-OH is 1. The van der Waals surface area contributed by atoms with Crippen molar-refractivity contribution in [1.82, 2.24) is 0 Å². The van der Waals surface area contributed by atoms with E-state index in [1.807, 2.05) is 0 Å². The maximum Gasteiger partial charge on any atom is 0.0578 e. The number of aliphatic hydroxyl groups is 1. The van der Waals surface area contributed by atoms with Crippen LogP contribution in [0.15, 0.2) is 47.1 Å². The molecule has 1 nitrogen and oxygen atoms in total. The zero-order valence-electron chi connectivity index (χ0n) is 19.5. The highest BCUT2D eigenvalue weighted by Crippen LogP contribution is 2.63. The molecule has 0 aromatic rings. The Bertz CT molecular complexity index is 765. The number of hydrogen-bond acceptors (Lipinski definition) is 1. The summed E-state index contributed by atoms with van der Waals surface area (Å²) in [4.78, 5) is 0. The summed E-state index contributed by atoms with van der Waals surface area (Å²) in [6.45, 7) is 14.5. The minimum Gasteiger partial charge on any atom is -0.393 e. The quantitative estimate of drug-likeness (QED) is 0.498. The standard InChI is InChI=1S/C28H42O/c1-18(2)19(3)7-8-20(4)24-11-12-25-23-10-9-21-17-22(29)13-15-27(21,5)26(23)14-16-28(24,25)6/h7-10,14,18-20,22,24-25,29H,11-13,15-17H2,1-6H3/b8-7+/t19-,20+,22-,24+,25-,27-,28+/m0/s1. The van der Waals surface area contributed by atoms with E-state index in [4.69, 9.17) is 0 Å². The van der Waals surface area contributed by atoms with E-state index in [1.165, 1.54) is 24.8 Å². The van der Waals surface area contributed by atoms with Crippen LogP contribution in [0.1, 0.15) is 80.1 Å². The highest BCUT2D eigenvalue weighted by molar-refractivity contribution is 5.53. The number of rotatable bonds is 4. The van der Waals surface area contributed by atoms with E-state index in [9.17, 15) is 5.11 Å². The minimum atomic E-state index is -0.143. The smallest absolute Gasteiger partial charge is 0.0578 e. The van der Waals surface area contributed by atoms with Gasteiger partial charge in [0.1, 0.15) is 0 Å². The van der Waals surface area contributed by atoms with E-state index in [0.717, 1.165) is 25.2 Å². The van der Waals surface area contributed by atoms with Gasteiger partial charge >= 0.3 is 0 Å². The van der Waals surface area contributed by atoms with Crippen LogP contribution >= 0.6 is 0 Å². The zero-order valence-corrected chi connectivity index (χ0v) is 19.5. The lowest BCUT2D eigenvalue weighted by Gasteiger charge is -2.50. The third-order valence-corrected chi connectivity index (χ3v) is 9.45. The Hall–Kier alpha value is -1.08. The lowest BCUT2D eigenvalue weighted by Crippen LogP contribution is -2.41. The van der Waals surface area contributed by atoms with Crippen LogP contribution < -0.4 is 0 Å². The first-order valence-corrected chi connectivity index (χ1v) is 12.2. The summed E-state index contributed by atoms with van der Waals surface area (Å²) in [5, 5.41) is 10.2. The molecule has 0 amide bonds. The second kappa shape index (κ2) is 7.56. The predicted octanol–water partition coefficient (Wildman–Crippen LogP) is 7.25. The number of fused-ring (bicyclic) bond motifs is 5. The van der Waals surface area contributed by atoms with Gasteiger partial charge in [-0.05, 0) is 84.7 Å². The van der Waals surface area contributed by atoms with Gasteiger partial charge in [-0.15, -0.1) is 0 Å². The Morgan fingerprint density at radius 2 is 1.79 bits per heavy atom. The van der Waals surface area contributed by atoms with Crippen LogP contribution in [0.4, 0.5) is 0 Å². The fraction of sp³-hybridized carbons (Fsp3) is 0.714. The molecule has 160 valence electrons. The van der Waals surface area contributed by atoms with Gasteiger partial charge in [-0.2, -0.15) is 0 Å². The molecule has 4 rings (SSSR count). The summed E-state index contributed by atoms with van der Waals surface area (Å²) in [5.74, 6) is 3.50. The molecular formula is C28H42O. The van der Waals surface area contributed by atoms with Crippen LogP contribution in [-0.2, 0) is 0 Å². The fourth-order valence-corrected chi connectivity index (χ4v) is 6.96. The minimum absolute atomic E-state index is 0.143. The normalized spacial score (nSPS) is 41.2. The largest absolute Gasteiger partial charge is 0.393 e. The Balaban J connectivity index is 1.60. The van der Waals surface area contributed by atoms with Crippen LogP contribution in [0.5, 0.6) is 0 Å². The van der Waals surface area contributed by atoms with Gasteiger partial charge in [0.2, 0.25) is 0 Å². The molecule has 1 heteroatoms. The molecular weight excluding hydrogens is 352 g/mol. The summed E-state index contributed by atoms with van der Waals surface area (Å²) in [7, 11) is 0. The Morgan fingerprint density at radius 1 is 1.03 bits per heavy atom. The molecule has 1 N–H and O–H groups in total. The van der Waals surface area contributed by atoms with Gasteiger partial charge in [0.15, 0.2) is 0 Å². The van der Waals surface area contributed by atoms with Gasteiger partial charge in [-0.3, -0.25) is 0 Å². The Labute approximate surface area is 179 Å². The maximum absolute atomic E-state index is 10.2. The van der Waals surface area contributed by atoms with Crippen LogP contribution in [0.25, 0.3) is 0 Å². The summed E-state index contributed by atoms with van der Waals surface area (Å²) < 4.78 is 0. The second-order valence-corrected chi connectivity index (χ2v) is 11.5. The first-order valence-electron chi connectivity index (χ1n) is 12.2. The van der Waals surface area contributed by atoms with Gasteiger partial charge in [-0.1, -0.05) is 77.5 Å². The highest BCUT2D eigenvalue weighted by atomic mass is 16.3. The lowest BCUT2D eigenvalue weighted by molar-refractivity contribution is 0.113. The van der Waals surface area contributed by atoms with E-state index < -0.39 is 0 Å². The third-order valence-electron chi connectivity index (χ3n) is 9.45. The van der Waals surface area contributed by atoms with Crippen LogP contribution in [0, 0.1) is 40.4 Å². The van der Waals surface area contributed by atoms with Crippen molar-refractivity contribution in [3.8, 4) is 0 Å². The van der Waals surface area contributed by atoms with Crippen LogP contribution in [0.3, 0.4) is 0 Å². The van der Waals surface area contributed by atoms with Gasteiger partial charge in [0.25, 0.3) is 0 Å². The summed E-state index contributed by atoms with van der Waals surface area (Å²) in [5.41, 5.74) is 5.26. The summed E-state index contributed by atoms with van der Waals surface area (Å²) >= 11 is 0. The monoisotopic (exact) mass is 394 g/mol. The third kappa shape index (κ3) is 3.42. The number of allylic oxidation sites excluding steroid dienone is 7. The molecule has 29 heavy (non-hydrogen) atoms. The van der Waals surface area contributed by atoms with Gasteiger partial charge in [0, 0.05) is 5.41 Å². The van der Waals surface area contributed by atoms with Gasteiger partial charge in [0.05, 0.1) is 6.10 Å². The molecule has 0 bridgehead atoms. The Morgan fingerprint density at radius 3 is 2.52 bits per heavy atom. The van der Waals surface area contributed by atoms with Crippen LogP contribution in [0.2, 0.25) is 0 Å². The Kier molecular flexibility index (Phi) is 5.52. The SMILES string of the molecule is CC(C)[C@@H](C)/C=C/[C@@H](C)[C@H]1CC[C@H]2C3=CC=C4C[C@@H](O)CC[C@]4(C)C3=CC[C@]12C. The molecule has 2 saturated carbocycles. The summed E-state index contributed by atoms with van der Waals surface area (Å²) in [6, 6.07) is 0. The average Bonchev–Trinajstić information content (AvgIpc) is 3.03. The molecule has 0 spiro atoms. The molecule has 2 fully saturated rings. The van der Waals surface area contributed by atoms with Gasteiger partial charge < -0.3 is 5.11 Å². The van der Waals surface area contributed by atoms with Crippen molar-refractivity contribution < 1.29 is 5.11 Å². The predicted molar refractivity (Wildman–Crippen MR) is 123 cm³/mol. The molecule has 0 radical (unpaired) electrons. The van der Waals surface area contributed by atoms with Crippen molar-refractivity contribution in [2.45, 2.75) is 86.2 Å². The first kappa shape index (κ1) is 21.2. The molecule has 0 aromatic carbocycles. The van der Waals surface area contributed by atoms with E-state index in [1.54, 1.807) is 11.1 Å². The first-order chi connectivity index (χ1) is 13.7. The number of hydrogen-bond donors (Lipinski definition) is 1. The molecule has 0 aromatic heterocycles. The molecule has 0 unspecified atom stereocenters. The van der Waals surface area contributed by atoms with Crippen molar-refractivity contribution >= 4 is 0 Å². The van der Waals surface area contributed by atoms with Gasteiger partial charge in [-0.25, -0.2) is 0 Å². The van der Waals surface area contributed by atoms with Crippen molar-refractivity contribution in [1.29, 1.82) is 0 Å². The molecule has 4 aliphatic carbocycles. The topological polar surface area (TPSA) is 20.2 Å². The van der Waals surface area contributed by atoms with E-state index in [2.05, 4.69) is 71.9 Å². The van der Waals surface area contributed by atoms with Crippen molar-refractivity contribution in [2.75, 3.05) is 0 Å². The van der Waals surface area contributed by atoms with Crippen molar-refractivity contribution in [3.05, 3.63) is 47.1 Å². The lowest BCUT2D eigenvalue weighted by atomic mass is 9.54. The fourth-order valence-electron chi connectivity index (χ4n) is 6.96.